The number of rotatable bonds is 2. The summed E-state index contributed by atoms with van der Waals surface area (Å²) in [7, 11) is 1.36. The molecule has 1 heterocycles. The van der Waals surface area contributed by atoms with Gasteiger partial charge >= 0.3 is 12.4 Å². The fourth-order valence-corrected chi connectivity index (χ4v) is 1.02. The molecule has 96 valence electrons. The van der Waals surface area contributed by atoms with Crippen molar-refractivity contribution in [2.45, 2.75) is 18.9 Å². The summed E-state index contributed by atoms with van der Waals surface area (Å²) in [6.07, 6.45) is -9.88. The largest absolute Gasteiger partial charge is 0.433 e. The third-order valence-corrected chi connectivity index (χ3v) is 1.69. The van der Waals surface area contributed by atoms with Crippen LogP contribution in [0.4, 0.5) is 26.3 Å². The molecule has 0 aliphatic rings. The predicted molar refractivity (Wildman–Crippen MR) is 44.8 cm³/mol. The van der Waals surface area contributed by atoms with E-state index in [1.807, 2.05) is 0 Å². The van der Waals surface area contributed by atoms with E-state index in [4.69, 9.17) is 0 Å². The van der Waals surface area contributed by atoms with E-state index in [9.17, 15) is 26.3 Å². The summed E-state index contributed by atoms with van der Waals surface area (Å²) in [4.78, 5) is 6.02. The van der Waals surface area contributed by atoms with Crippen LogP contribution in [0, 0.1) is 0 Å². The second kappa shape index (κ2) is 4.47. The number of hydrogen-bond donors (Lipinski definition) is 1. The Balaban J connectivity index is 3.29. The Bertz CT molecular complexity index is 365. The average Bonchev–Trinajstić information content (AvgIpc) is 2.15. The Morgan fingerprint density at radius 2 is 1.41 bits per heavy atom. The van der Waals surface area contributed by atoms with E-state index in [0.717, 1.165) is 0 Å². The van der Waals surface area contributed by atoms with Gasteiger partial charge < -0.3 is 5.32 Å². The van der Waals surface area contributed by atoms with Gasteiger partial charge in [0.1, 0.15) is 17.2 Å². The van der Waals surface area contributed by atoms with Gasteiger partial charge in [-0.05, 0) is 13.1 Å². The molecular weight excluding hydrogens is 252 g/mol. The molecule has 17 heavy (non-hydrogen) atoms. The van der Waals surface area contributed by atoms with Crippen molar-refractivity contribution < 1.29 is 26.3 Å². The Hall–Kier alpha value is -1.38. The van der Waals surface area contributed by atoms with Crippen LogP contribution in [-0.4, -0.2) is 17.0 Å². The molecule has 1 N–H and O–H groups in total. The van der Waals surface area contributed by atoms with Crippen molar-refractivity contribution in [2.24, 2.45) is 0 Å². The molecule has 0 amide bonds. The highest BCUT2D eigenvalue weighted by atomic mass is 19.4. The Labute approximate surface area is 91.9 Å². The summed E-state index contributed by atoms with van der Waals surface area (Å²) < 4.78 is 73.8. The SMILES string of the molecule is CNCc1nc(C(F)(F)F)cc(C(F)(F)F)n1. The minimum atomic E-state index is -4.94. The summed E-state index contributed by atoms with van der Waals surface area (Å²) in [5.41, 5.74) is -3.21. The van der Waals surface area contributed by atoms with E-state index in [1.165, 1.54) is 7.05 Å². The lowest BCUT2D eigenvalue weighted by molar-refractivity contribution is -0.147. The summed E-state index contributed by atoms with van der Waals surface area (Å²) in [6.45, 7) is -0.285. The monoisotopic (exact) mass is 259 g/mol. The fourth-order valence-electron chi connectivity index (χ4n) is 1.02. The molecule has 1 aromatic heterocycles. The van der Waals surface area contributed by atoms with Crippen molar-refractivity contribution in [1.82, 2.24) is 15.3 Å². The molecule has 0 aliphatic carbocycles. The smallest absolute Gasteiger partial charge is 0.313 e. The van der Waals surface area contributed by atoms with Crippen LogP contribution in [0.1, 0.15) is 17.2 Å². The third kappa shape index (κ3) is 3.55. The van der Waals surface area contributed by atoms with Crippen molar-refractivity contribution in [2.75, 3.05) is 7.05 Å². The molecule has 0 aliphatic heterocycles. The molecule has 0 aromatic carbocycles. The van der Waals surface area contributed by atoms with Crippen LogP contribution in [0.5, 0.6) is 0 Å². The zero-order valence-electron chi connectivity index (χ0n) is 8.45. The standard InChI is InChI=1S/C8H7F6N3/c1-15-3-6-16-4(7(9,10)11)2-5(17-6)8(12,13)14/h2,15H,3H2,1H3. The van der Waals surface area contributed by atoms with Crippen LogP contribution in [0.15, 0.2) is 6.07 Å². The molecule has 0 saturated carbocycles. The molecule has 0 unspecified atom stereocenters. The molecular formula is C8H7F6N3. The molecule has 1 aromatic rings. The maximum atomic E-state index is 12.3. The number of halogens is 6. The molecule has 0 atom stereocenters. The van der Waals surface area contributed by atoms with Gasteiger partial charge in [0.2, 0.25) is 0 Å². The predicted octanol–water partition coefficient (Wildman–Crippen LogP) is 2.23. The number of hydrogen-bond acceptors (Lipinski definition) is 3. The molecule has 0 bridgehead atoms. The molecule has 0 fully saturated rings. The molecule has 0 radical (unpaired) electrons. The van der Waals surface area contributed by atoms with E-state index < -0.39 is 29.6 Å². The quantitative estimate of drug-likeness (QED) is 0.827. The van der Waals surface area contributed by atoms with E-state index in [2.05, 4.69) is 15.3 Å². The van der Waals surface area contributed by atoms with Crippen molar-refractivity contribution in [3.05, 3.63) is 23.3 Å². The maximum absolute atomic E-state index is 12.3. The lowest BCUT2D eigenvalue weighted by atomic mass is 10.3. The van der Waals surface area contributed by atoms with Crippen molar-refractivity contribution in [1.29, 1.82) is 0 Å². The first-order chi connectivity index (χ1) is 7.64. The van der Waals surface area contributed by atoms with Gasteiger partial charge in [-0.2, -0.15) is 26.3 Å². The number of alkyl halides is 6. The fraction of sp³-hybridized carbons (Fsp3) is 0.500. The van der Waals surface area contributed by atoms with E-state index in [0.29, 0.717) is 0 Å². The first-order valence-electron chi connectivity index (χ1n) is 4.31. The van der Waals surface area contributed by atoms with Gasteiger partial charge in [-0.25, -0.2) is 9.97 Å². The van der Waals surface area contributed by atoms with Crippen LogP contribution >= 0.6 is 0 Å². The van der Waals surface area contributed by atoms with Gasteiger partial charge in [0.15, 0.2) is 0 Å². The van der Waals surface area contributed by atoms with E-state index in [-0.39, 0.29) is 12.6 Å². The third-order valence-electron chi connectivity index (χ3n) is 1.69. The van der Waals surface area contributed by atoms with Gasteiger partial charge in [-0.15, -0.1) is 0 Å². The first-order valence-corrected chi connectivity index (χ1v) is 4.31. The summed E-state index contributed by atoms with van der Waals surface area (Å²) in [5.74, 6) is -0.561. The van der Waals surface area contributed by atoms with Gasteiger partial charge in [-0.1, -0.05) is 0 Å². The van der Waals surface area contributed by atoms with Gasteiger partial charge in [0.25, 0.3) is 0 Å². The summed E-state index contributed by atoms with van der Waals surface area (Å²) in [5, 5.41) is 2.38. The second-order valence-corrected chi connectivity index (χ2v) is 3.08. The number of nitrogens with one attached hydrogen (secondary N) is 1. The maximum Gasteiger partial charge on any atom is 0.433 e. The molecule has 3 nitrogen and oxygen atoms in total. The van der Waals surface area contributed by atoms with Gasteiger partial charge in [0.05, 0.1) is 6.54 Å². The highest BCUT2D eigenvalue weighted by molar-refractivity contribution is 5.16. The number of aromatic nitrogens is 2. The number of nitrogens with zero attached hydrogens (tertiary/aromatic N) is 2. The first kappa shape index (κ1) is 13.7. The lowest BCUT2D eigenvalue weighted by Gasteiger charge is -2.11. The molecule has 0 saturated heterocycles. The van der Waals surface area contributed by atoms with E-state index in [1.54, 1.807) is 0 Å². The molecule has 9 heteroatoms. The highest BCUT2D eigenvalue weighted by Crippen LogP contribution is 2.33. The molecule has 0 spiro atoms. The second-order valence-electron chi connectivity index (χ2n) is 3.08. The van der Waals surface area contributed by atoms with E-state index >= 15 is 0 Å². The normalized spacial score (nSPS) is 12.9. The van der Waals surface area contributed by atoms with Crippen LogP contribution in [0.3, 0.4) is 0 Å². The van der Waals surface area contributed by atoms with Crippen molar-refractivity contribution >= 4 is 0 Å². The Kier molecular flexibility index (Phi) is 3.60. The van der Waals surface area contributed by atoms with Crippen LogP contribution in [0.25, 0.3) is 0 Å². The Morgan fingerprint density at radius 1 is 1.00 bits per heavy atom. The average molecular weight is 259 g/mol. The van der Waals surface area contributed by atoms with Crippen LogP contribution in [-0.2, 0) is 18.9 Å². The zero-order valence-corrected chi connectivity index (χ0v) is 8.45. The lowest BCUT2D eigenvalue weighted by Crippen LogP contribution is -2.19. The van der Waals surface area contributed by atoms with Crippen molar-refractivity contribution in [3.8, 4) is 0 Å². The highest BCUT2D eigenvalue weighted by Gasteiger charge is 2.39. The van der Waals surface area contributed by atoms with Gasteiger partial charge in [-0.3, -0.25) is 0 Å². The zero-order chi connectivity index (χ0) is 13.3. The van der Waals surface area contributed by atoms with Crippen molar-refractivity contribution in [3.63, 3.8) is 0 Å². The Morgan fingerprint density at radius 3 is 1.71 bits per heavy atom. The minimum absolute atomic E-state index is 0.112. The topological polar surface area (TPSA) is 37.8 Å². The molecule has 1 rings (SSSR count). The van der Waals surface area contributed by atoms with Crippen LogP contribution in [0.2, 0.25) is 0 Å². The minimum Gasteiger partial charge on any atom is -0.313 e. The summed E-state index contributed by atoms with van der Waals surface area (Å²) >= 11 is 0. The van der Waals surface area contributed by atoms with Gasteiger partial charge in [0, 0.05) is 0 Å². The van der Waals surface area contributed by atoms with Crippen LogP contribution < -0.4 is 5.32 Å². The summed E-state index contributed by atoms with van der Waals surface area (Å²) in [6, 6.07) is -0.112.